The van der Waals surface area contributed by atoms with Crippen LogP contribution in [0, 0.1) is 18.4 Å². The number of pyridine rings is 1. The number of Topliss-reactive ketones (excluding diaryl/α,β-unsaturated/α-hetero) is 1. The van der Waals surface area contributed by atoms with Crippen LogP contribution in [0.25, 0.3) is 0 Å². The minimum absolute atomic E-state index is 0.137. The van der Waals surface area contributed by atoms with Gasteiger partial charge in [-0.05, 0) is 85.4 Å². The Kier molecular flexibility index (Phi) is 5.03. The van der Waals surface area contributed by atoms with E-state index in [2.05, 4.69) is 15.4 Å². The van der Waals surface area contributed by atoms with Crippen LogP contribution in [0.1, 0.15) is 46.4 Å². The molecule has 28 heavy (non-hydrogen) atoms. The molecule has 2 aliphatic rings. The molecule has 0 fully saturated rings. The number of hydrogen-bond donors (Lipinski definition) is 0. The van der Waals surface area contributed by atoms with Crippen LogP contribution in [0.3, 0.4) is 0 Å². The maximum absolute atomic E-state index is 13.3. The van der Waals surface area contributed by atoms with Gasteiger partial charge in [-0.25, -0.2) is 9.19 Å². The average molecular weight is 394 g/mol. The summed E-state index contributed by atoms with van der Waals surface area (Å²) in [4.78, 5) is 17.3. The molecule has 1 atom stereocenters. The first-order chi connectivity index (χ1) is 13.5. The molecule has 4 rings (SSSR count). The topological polar surface area (TPSA) is 83.2 Å². The third-order valence-corrected chi connectivity index (χ3v) is 7.68. The van der Waals surface area contributed by atoms with Crippen molar-refractivity contribution in [2.75, 3.05) is 5.75 Å². The number of nitrogens with zero attached hydrogens (tertiary/aromatic N) is 3. The summed E-state index contributed by atoms with van der Waals surface area (Å²) in [6.45, 7) is 1.79. The number of aromatic nitrogens is 1. The summed E-state index contributed by atoms with van der Waals surface area (Å²) >= 11 is 0. The molecule has 1 aromatic carbocycles. The summed E-state index contributed by atoms with van der Waals surface area (Å²) in [5, 5.41) is 9.27. The Morgan fingerprint density at radius 3 is 2.46 bits per heavy atom. The molecule has 2 aromatic rings. The van der Waals surface area contributed by atoms with E-state index in [1.54, 1.807) is 31.3 Å². The average Bonchev–Trinajstić information content (AvgIpc) is 3.30. The lowest BCUT2D eigenvalue weighted by Gasteiger charge is -2.15. The fourth-order valence-corrected chi connectivity index (χ4v) is 6.08. The Balaban J connectivity index is 1.66. The van der Waals surface area contributed by atoms with Gasteiger partial charge in [0.2, 0.25) is 6.19 Å². The van der Waals surface area contributed by atoms with Crippen LogP contribution < -0.4 is 0 Å². The van der Waals surface area contributed by atoms with Crippen molar-refractivity contribution in [2.24, 2.45) is 4.36 Å². The summed E-state index contributed by atoms with van der Waals surface area (Å²) in [7, 11) is -3.18. The molecular weight excluding hydrogens is 370 g/mol. The van der Waals surface area contributed by atoms with E-state index in [0.29, 0.717) is 5.69 Å². The smallest absolute Gasteiger partial charge is 0.215 e. The molecule has 1 aromatic heterocycles. The monoisotopic (exact) mass is 393 g/mol. The van der Waals surface area contributed by atoms with Gasteiger partial charge in [-0.3, -0.25) is 4.79 Å². The molecule has 0 saturated carbocycles. The Morgan fingerprint density at radius 2 is 1.86 bits per heavy atom. The highest BCUT2D eigenvalue weighted by Gasteiger charge is 2.27. The second-order valence-electron chi connectivity index (χ2n) is 7.65. The Bertz CT molecular complexity index is 1090. The zero-order chi connectivity index (χ0) is 19.7. The molecule has 0 spiro atoms. The maximum atomic E-state index is 13.3. The zero-order valence-electron chi connectivity index (χ0n) is 16.0. The summed E-state index contributed by atoms with van der Waals surface area (Å²) in [5.74, 6) is -0.406. The van der Waals surface area contributed by atoms with Gasteiger partial charge >= 0.3 is 0 Å². The van der Waals surface area contributed by atoms with Gasteiger partial charge in [-0.1, -0.05) is 12.1 Å². The van der Waals surface area contributed by atoms with Gasteiger partial charge in [0.1, 0.15) is 14.8 Å². The molecule has 144 valence electrons. The van der Waals surface area contributed by atoms with Crippen molar-refractivity contribution in [3.8, 4) is 6.19 Å². The first kappa shape index (κ1) is 18.8. The van der Waals surface area contributed by atoms with Crippen LogP contribution in [0.5, 0.6) is 0 Å². The lowest BCUT2D eigenvalue weighted by atomic mass is 9.91. The van der Waals surface area contributed by atoms with Crippen LogP contribution in [0.15, 0.2) is 33.7 Å². The van der Waals surface area contributed by atoms with E-state index < -0.39 is 9.73 Å². The lowest BCUT2D eigenvalue weighted by Crippen LogP contribution is -2.20. The SMILES string of the molecule is Cc1cccc(S(=O)(CC(=O)Cc2c3c(cc4c2CCC4)CCC3)=NC#N)n1. The van der Waals surface area contributed by atoms with Gasteiger partial charge < -0.3 is 0 Å². The second kappa shape index (κ2) is 7.48. The van der Waals surface area contributed by atoms with Crippen molar-refractivity contribution in [1.82, 2.24) is 4.98 Å². The van der Waals surface area contributed by atoms with Crippen molar-refractivity contribution >= 4 is 15.5 Å². The molecule has 2 aliphatic carbocycles. The van der Waals surface area contributed by atoms with Gasteiger partial charge in [0.15, 0.2) is 5.78 Å². The van der Waals surface area contributed by atoms with Crippen molar-refractivity contribution in [3.05, 3.63) is 57.8 Å². The normalized spacial score (nSPS) is 16.7. The number of rotatable bonds is 5. The largest absolute Gasteiger partial charge is 0.298 e. The zero-order valence-corrected chi connectivity index (χ0v) is 16.8. The number of carbonyl (C=O) groups is 1. The molecule has 0 saturated heterocycles. The number of benzene rings is 1. The number of aryl methyl sites for hydroxylation is 3. The predicted octanol–water partition coefficient (Wildman–Crippen LogP) is 3.49. The van der Waals surface area contributed by atoms with E-state index in [0.717, 1.165) is 44.1 Å². The maximum Gasteiger partial charge on any atom is 0.215 e. The molecule has 6 heteroatoms. The summed E-state index contributed by atoms with van der Waals surface area (Å²) in [6, 6.07) is 7.44. The predicted molar refractivity (Wildman–Crippen MR) is 107 cm³/mol. The van der Waals surface area contributed by atoms with E-state index in [4.69, 9.17) is 5.26 Å². The third-order valence-electron chi connectivity index (χ3n) is 5.71. The number of nitriles is 1. The van der Waals surface area contributed by atoms with Crippen molar-refractivity contribution in [2.45, 2.75) is 56.9 Å². The Hall–Kier alpha value is -2.52. The summed E-state index contributed by atoms with van der Waals surface area (Å²) in [5.41, 5.74) is 7.25. The van der Waals surface area contributed by atoms with Crippen LogP contribution in [-0.4, -0.2) is 20.7 Å². The number of ketones is 1. The molecule has 1 heterocycles. The van der Waals surface area contributed by atoms with Crippen LogP contribution in [0.2, 0.25) is 0 Å². The van der Waals surface area contributed by atoms with E-state index in [1.165, 1.54) is 22.3 Å². The van der Waals surface area contributed by atoms with Crippen molar-refractivity contribution < 1.29 is 9.00 Å². The molecule has 5 nitrogen and oxygen atoms in total. The molecule has 1 unspecified atom stereocenters. The lowest BCUT2D eigenvalue weighted by molar-refractivity contribution is -0.116. The molecule has 0 bridgehead atoms. The van der Waals surface area contributed by atoms with Crippen LogP contribution >= 0.6 is 0 Å². The molecule has 0 radical (unpaired) electrons. The summed E-state index contributed by atoms with van der Waals surface area (Å²) < 4.78 is 17.0. The van der Waals surface area contributed by atoms with Crippen LogP contribution in [0.4, 0.5) is 0 Å². The number of hydrogen-bond acceptors (Lipinski definition) is 5. The van der Waals surface area contributed by atoms with E-state index in [-0.39, 0.29) is 23.0 Å². The highest BCUT2D eigenvalue weighted by Crippen LogP contribution is 2.35. The first-order valence-corrected chi connectivity index (χ1v) is 11.4. The highest BCUT2D eigenvalue weighted by atomic mass is 32.2. The standard InChI is InChI=1S/C22H23N3O2S/c1-15-5-2-10-22(25-15)28(27,24-14-23)13-18(26)12-21-19-8-3-6-16(19)11-17-7-4-9-20(17)21/h2,5,10-11H,3-4,6-9,12-13H2,1H3. The Labute approximate surface area is 166 Å². The van der Waals surface area contributed by atoms with E-state index >= 15 is 0 Å². The first-order valence-electron chi connectivity index (χ1n) is 9.74. The quantitative estimate of drug-likeness (QED) is 0.728. The summed E-state index contributed by atoms with van der Waals surface area (Å²) in [6.07, 6.45) is 8.37. The number of carbonyl (C=O) groups excluding carboxylic acids is 1. The minimum Gasteiger partial charge on any atom is -0.298 e. The van der Waals surface area contributed by atoms with Gasteiger partial charge in [0, 0.05) is 12.1 Å². The fourth-order valence-electron chi connectivity index (χ4n) is 4.53. The van der Waals surface area contributed by atoms with Gasteiger partial charge in [0.05, 0.1) is 5.75 Å². The molecule has 0 amide bonds. The highest BCUT2D eigenvalue weighted by molar-refractivity contribution is 7.94. The van der Waals surface area contributed by atoms with E-state index in [1.807, 2.05) is 0 Å². The third kappa shape index (κ3) is 3.47. The van der Waals surface area contributed by atoms with Gasteiger partial charge in [0.25, 0.3) is 0 Å². The van der Waals surface area contributed by atoms with Gasteiger partial charge in [-0.15, -0.1) is 4.36 Å². The minimum atomic E-state index is -3.18. The van der Waals surface area contributed by atoms with Gasteiger partial charge in [-0.2, -0.15) is 5.26 Å². The molecule has 0 aliphatic heterocycles. The van der Waals surface area contributed by atoms with E-state index in [9.17, 15) is 9.00 Å². The second-order valence-corrected chi connectivity index (χ2v) is 9.82. The number of fused-ring (bicyclic) bond motifs is 2. The molecular formula is C22H23N3O2S. The molecule has 0 N–H and O–H groups in total. The van der Waals surface area contributed by atoms with Crippen molar-refractivity contribution in [3.63, 3.8) is 0 Å². The fraction of sp³-hybridized carbons (Fsp3) is 0.409. The Morgan fingerprint density at radius 1 is 1.18 bits per heavy atom. The van der Waals surface area contributed by atoms with Crippen molar-refractivity contribution in [1.29, 1.82) is 5.26 Å². The van der Waals surface area contributed by atoms with Crippen LogP contribution in [-0.2, 0) is 46.6 Å².